The zero-order chi connectivity index (χ0) is 20.4. The number of anilines is 3. The molecule has 150 valence electrons. The number of nitrogens with zero attached hydrogens (tertiary/aromatic N) is 5. The lowest BCUT2D eigenvalue weighted by atomic mass is 10.1. The van der Waals surface area contributed by atoms with E-state index >= 15 is 0 Å². The monoisotopic (exact) mass is 390 g/mol. The number of H-pyrrole nitrogens is 2. The van der Waals surface area contributed by atoms with Gasteiger partial charge in [0, 0.05) is 60.6 Å². The third kappa shape index (κ3) is 4.22. The fourth-order valence-electron chi connectivity index (χ4n) is 3.17. The fraction of sp³-hybridized carbons (Fsp3) is 0.286. The first-order chi connectivity index (χ1) is 14.0. The molecule has 3 aromatic heterocycles. The molecular formula is C21H26N8. The van der Waals surface area contributed by atoms with Crippen LogP contribution in [-0.2, 0) is 0 Å². The van der Waals surface area contributed by atoms with Crippen LogP contribution in [0, 0.1) is 6.92 Å². The highest BCUT2D eigenvalue weighted by atomic mass is 15.2. The van der Waals surface area contributed by atoms with E-state index in [1.807, 2.05) is 31.3 Å². The summed E-state index contributed by atoms with van der Waals surface area (Å²) in [5.41, 5.74) is 3.05. The zero-order valence-electron chi connectivity index (χ0n) is 17.2. The van der Waals surface area contributed by atoms with Gasteiger partial charge in [-0.3, -0.25) is 5.10 Å². The Kier molecular flexibility index (Phi) is 5.18. The van der Waals surface area contributed by atoms with E-state index in [1.54, 1.807) is 0 Å². The molecule has 8 heteroatoms. The highest BCUT2D eigenvalue weighted by Gasteiger charge is 2.14. The van der Waals surface area contributed by atoms with Gasteiger partial charge in [0.15, 0.2) is 11.6 Å². The molecule has 0 saturated carbocycles. The maximum atomic E-state index is 4.87. The molecule has 0 atom stereocenters. The molecular weight excluding hydrogens is 364 g/mol. The number of rotatable bonds is 7. The number of fused-ring (bicyclic) bond motifs is 1. The summed E-state index contributed by atoms with van der Waals surface area (Å²) in [7, 11) is 6.19. The Morgan fingerprint density at radius 2 is 1.86 bits per heavy atom. The average molecular weight is 390 g/mol. The Morgan fingerprint density at radius 1 is 1.00 bits per heavy atom. The lowest BCUT2D eigenvalue weighted by molar-refractivity contribution is 0.416. The van der Waals surface area contributed by atoms with Crippen LogP contribution in [0.25, 0.3) is 22.3 Å². The molecule has 4 rings (SSSR count). The molecule has 0 spiro atoms. The van der Waals surface area contributed by atoms with Gasteiger partial charge in [-0.1, -0.05) is 12.1 Å². The topological polar surface area (TPSA) is 88.8 Å². The van der Waals surface area contributed by atoms with E-state index in [9.17, 15) is 0 Å². The van der Waals surface area contributed by atoms with Crippen molar-refractivity contribution in [2.45, 2.75) is 6.92 Å². The van der Waals surface area contributed by atoms with Crippen molar-refractivity contribution in [1.82, 2.24) is 30.0 Å². The number of aromatic amines is 2. The average Bonchev–Trinajstić information content (AvgIpc) is 3.34. The van der Waals surface area contributed by atoms with E-state index in [0.717, 1.165) is 46.9 Å². The number of aromatic nitrogens is 5. The van der Waals surface area contributed by atoms with Crippen molar-refractivity contribution in [3.05, 3.63) is 48.3 Å². The van der Waals surface area contributed by atoms with Gasteiger partial charge in [-0.15, -0.1) is 0 Å². The first-order valence-corrected chi connectivity index (χ1v) is 9.60. The van der Waals surface area contributed by atoms with Crippen LogP contribution < -0.4 is 10.2 Å². The van der Waals surface area contributed by atoms with Gasteiger partial charge in [0.05, 0.1) is 0 Å². The first kappa shape index (κ1) is 18.9. The third-order valence-electron chi connectivity index (χ3n) is 4.78. The molecule has 0 aliphatic carbocycles. The van der Waals surface area contributed by atoms with Crippen LogP contribution in [0.2, 0.25) is 0 Å². The Labute approximate surface area is 170 Å². The minimum atomic E-state index is 0.680. The molecule has 0 bridgehead atoms. The van der Waals surface area contributed by atoms with Crippen LogP contribution in [0.4, 0.5) is 17.5 Å². The number of nitrogens with one attached hydrogen (secondary N) is 3. The summed E-state index contributed by atoms with van der Waals surface area (Å²) in [6.45, 7) is 3.76. The van der Waals surface area contributed by atoms with Crippen molar-refractivity contribution >= 4 is 28.4 Å². The van der Waals surface area contributed by atoms with Crippen LogP contribution in [0.5, 0.6) is 0 Å². The lowest BCUT2D eigenvalue weighted by Gasteiger charge is -2.21. The molecule has 0 aliphatic rings. The number of aryl methyl sites for hydroxylation is 1. The second kappa shape index (κ2) is 7.92. The Morgan fingerprint density at radius 3 is 2.62 bits per heavy atom. The molecule has 4 aromatic rings. The van der Waals surface area contributed by atoms with Crippen LogP contribution in [0.1, 0.15) is 5.69 Å². The van der Waals surface area contributed by atoms with Crippen molar-refractivity contribution in [2.24, 2.45) is 0 Å². The summed E-state index contributed by atoms with van der Waals surface area (Å²) in [4.78, 5) is 17.2. The minimum Gasteiger partial charge on any atom is -0.361 e. The molecule has 29 heavy (non-hydrogen) atoms. The molecule has 1 aromatic carbocycles. The predicted molar refractivity (Wildman–Crippen MR) is 118 cm³/mol. The molecule has 0 radical (unpaired) electrons. The molecule has 0 unspecified atom stereocenters. The van der Waals surface area contributed by atoms with Gasteiger partial charge in [-0.2, -0.15) is 5.10 Å². The minimum absolute atomic E-state index is 0.680. The van der Waals surface area contributed by atoms with E-state index < -0.39 is 0 Å². The summed E-state index contributed by atoms with van der Waals surface area (Å²) in [6.07, 6.45) is 1.94. The third-order valence-corrected chi connectivity index (χ3v) is 4.78. The summed E-state index contributed by atoms with van der Waals surface area (Å²) in [5, 5.41) is 11.6. The normalized spacial score (nSPS) is 11.3. The van der Waals surface area contributed by atoms with Crippen molar-refractivity contribution < 1.29 is 0 Å². The smallest absolute Gasteiger partial charge is 0.164 e. The number of hydrogen-bond donors (Lipinski definition) is 3. The van der Waals surface area contributed by atoms with Gasteiger partial charge in [-0.25, -0.2) is 9.97 Å². The summed E-state index contributed by atoms with van der Waals surface area (Å²) in [6, 6.07) is 12.1. The SMILES string of the molecule is Cc1cc(Nc2cc(N(C)CCN(C)C)nc(-c3cccc4[nH]ccc34)n2)n[nH]1. The van der Waals surface area contributed by atoms with Crippen molar-refractivity contribution in [2.75, 3.05) is 44.4 Å². The van der Waals surface area contributed by atoms with Crippen molar-refractivity contribution in [3.8, 4) is 11.4 Å². The summed E-state index contributed by atoms with van der Waals surface area (Å²) in [5.74, 6) is 2.98. The molecule has 0 amide bonds. The lowest BCUT2D eigenvalue weighted by Crippen LogP contribution is -2.29. The van der Waals surface area contributed by atoms with Gasteiger partial charge in [0.25, 0.3) is 0 Å². The second-order valence-electron chi connectivity index (χ2n) is 7.47. The van der Waals surface area contributed by atoms with Crippen molar-refractivity contribution in [1.29, 1.82) is 0 Å². The molecule has 3 heterocycles. The number of likely N-dealkylation sites (N-methyl/N-ethyl adjacent to an activating group) is 2. The summed E-state index contributed by atoms with van der Waals surface area (Å²) < 4.78 is 0. The van der Waals surface area contributed by atoms with Crippen LogP contribution in [-0.4, -0.2) is 64.3 Å². The highest BCUT2D eigenvalue weighted by molar-refractivity contribution is 5.93. The largest absolute Gasteiger partial charge is 0.361 e. The number of hydrogen-bond acceptors (Lipinski definition) is 6. The fourth-order valence-corrected chi connectivity index (χ4v) is 3.17. The van der Waals surface area contributed by atoms with Crippen LogP contribution in [0.15, 0.2) is 42.6 Å². The zero-order valence-corrected chi connectivity index (χ0v) is 17.2. The van der Waals surface area contributed by atoms with Gasteiger partial charge in [-0.05, 0) is 33.2 Å². The standard InChI is InChI=1S/C21H26N8/c1-14-12-19(27-26-14)23-18-13-20(29(4)11-10-28(2)3)25-21(24-18)16-6-5-7-17-15(16)8-9-22-17/h5-9,12-13,22H,10-11H2,1-4H3,(H2,23,24,25,26,27). The molecule has 0 fully saturated rings. The van der Waals surface area contributed by atoms with E-state index in [-0.39, 0.29) is 0 Å². The van der Waals surface area contributed by atoms with Crippen LogP contribution >= 0.6 is 0 Å². The predicted octanol–water partition coefficient (Wildman–Crippen LogP) is 3.40. The molecule has 0 saturated heterocycles. The first-order valence-electron chi connectivity index (χ1n) is 9.60. The second-order valence-corrected chi connectivity index (χ2v) is 7.47. The quantitative estimate of drug-likeness (QED) is 0.448. The molecule has 8 nitrogen and oxygen atoms in total. The molecule has 3 N–H and O–H groups in total. The summed E-state index contributed by atoms with van der Waals surface area (Å²) >= 11 is 0. The Balaban J connectivity index is 1.76. The highest BCUT2D eigenvalue weighted by Crippen LogP contribution is 2.29. The van der Waals surface area contributed by atoms with Gasteiger partial charge < -0.3 is 20.1 Å². The van der Waals surface area contributed by atoms with E-state index in [1.165, 1.54) is 0 Å². The van der Waals surface area contributed by atoms with E-state index in [0.29, 0.717) is 11.6 Å². The Bertz CT molecular complexity index is 1110. The van der Waals surface area contributed by atoms with E-state index in [2.05, 4.69) is 69.6 Å². The molecule has 0 aliphatic heterocycles. The van der Waals surface area contributed by atoms with Gasteiger partial charge in [0.2, 0.25) is 0 Å². The Hall–Kier alpha value is -3.39. The van der Waals surface area contributed by atoms with E-state index in [4.69, 9.17) is 9.97 Å². The van der Waals surface area contributed by atoms with Gasteiger partial charge >= 0.3 is 0 Å². The van der Waals surface area contributed by atoms with Gasteiger partial charge in [0.1, 0.15) is 11.6 Å². The maximum absolute atomic E-state index is 4.87. The maximum Gasteiger partial charge on any atom is 0.164 e. The van der Waals surface area contributed by atoms with Crippen LogP contribution in [0.3, 0.4) is 0 Å². The van der Waals surface area contributed by atoms with Crippen molar-refractivity contribution in [3.63, 3.8) is 0 Å². The number of benzene rings is 1.